The van der Waals surface area contributed by atoms with Crippen molar-refractivity contribution in [2.75, 3.05) is 6.54 Å². The molecule has 1 N–H and O–H groups in total. The van der Waals surface area contributed by atoms with E-state index in [2.05, 4.69) is 4.98 Å². The number of likely N-dealkylation sites (tertiary alicyclic amines) is 1. The van der Waals surface area contributed by atoms with Crippen molar-refractivity contribution in [2.45, 2.75) is 31.7 Å². The number of nitrogens with zero attached hydrogens (tertiary/aromatic N) is 2. The Balaban J connectivity index is 1.92. The van der Waals surface area contributed by atoms with Gasteiger partial charge in [0.15, 0.2) is 0 Å². The third kappa shape index (κ3) is 3.66. The smallest absolute Gasteiger partial charge is 0.391 e. The quantitative estimate of drug-likeness (QED) is 0.904. The van der Waals surface area contributed by atoms with Crippen molar-refractivity contribution in [2.24, 2.45) is 0 Å². The number of alkyl halides is 3. The van der Waals surface area contributed by atoms with Crippen molar-refractivity contribution in [3.05, 3.63) is 65.0 Å². The van der Waals surface area contributed by atoms with Crippen molar-refractivity contribution < 1.29 is 23.1 Å². The van der Waals surface area contributed by atoms with Gasteiger partial charge in [0.25, 0.3) is 5.91 Å². The van der Waals surface area contributed by atoms with E-state index in [1.54, 1.807) is 25.1 Å². The summed E-state index contributed by atoms with van der Waals surface area (Å²) in [5, 5.41) is 9.97. The summed E-state index contributed by atoms with van der Waals surface area (Å²) in [6.45, 7) is 1.87. The molecule has 25 heavy (non-hydrogen) atoms. The lowest BCUT2D eigenvalue weighted by Crippen LogP contribution is -2.32. The number of aliphatic hydroxyl groups excluding tert-OH is 1. The predicted octanol–water partition coefficient (Wildman–Crippen LogP) is 3.36. The normalized spacial score (nSPS) is 20.8. The number of aromatic nitrogens is 1. The number of aryl methyl sites for hydroxylation is 1. The van der Waals surface area contributed by atoms with Gasteiger partial charge in [-0.05, 0) is 43.2 Å². The van der Waals surface area contributed by atoms with Crippen molar-refractivity contribution in [3.63, 3.8) is 0 Å². The van der Waals surface area contributed by atoms with E-state index in [9.17, 15) is 23.1 Å². The van der Waals surface area contributed by atoms with E-state index in [-0.39, 0.29) is 18.9 Å². The molecule has 7 heteroatoms. The Labute approximate surface area is 142 Å². The monoisotopic (exact) mass is 350 g/mol. The zero-order chi connectivity index (χ0) is 18.2. The van der Waals surface area contributed by atoms with Crippen LogP contribution in [0.5, 0.6) is 0 Å². The van der Waals surface area contributed by atoms with Gasteiger partial charge in [-0.25, -0.2) is 0 Å². The maximum atomic E-state index is 13.0. The summed E-state index contributed by atoms with van der Waals surface area (Å²) in [5.41, 5.74) is 0.694. The molecule has 1 aliphatic heterocycles. The van der Waals surface area contributed by atoms with Gasteiger partial charge in [-0.3, -0.25) is 9.78 Å². The summed E-state index contributed by atoms with van der Waals surface area (Å²) in [4.78, 5) is 18.2. The van der Waals surface area contributed by atoms with Crippen molar-refractivity contribution in [1.29, 1.82) is 0 Å². The number of β-amino-alcohol motifs (C(OH)–C–C–N with tert-alkyl or cyclic N) is 1. The summed E-state index contributed by atoms with van der Waals surface area (Å²) in [7, 11) is 0. The Hall–Kier alpha value is -2.41. The molecule has 2 aromatic rings. The second kappa shape index (κ2) is 6.48. The fourth-order valence-corrected chi connectivity index (χ4v) is 3.04. The fraction of sp³-hybridized carbons (Fsp3) is 0.333. The highest BCUT2D eigenvalue weighted by Gasteiger charge is 2.37. The van der Waals surface area contributed by atoms with Gasteiger partial charge in [-0.1, -0.05) is 12.1 Å². The predicted molar refractivity (Wildman–Crippen MR) is 84.8 cm³/mol. The first-order chi connectivity index (χ1) is 11.8. The van der Waals surface area contributed by atoms with Crippen LogP contribution in [-0.2, 0) is 6.18 Å². The molecule has 1 aromatic heterocycles. The minimum atomic E-state index is -4.46. The molecule has 1 aromatic carbocycles. The lowest BCUT2D eigenvalue weighted by atomic mass is 10.0. The second-order valence-electron chi connectivity index (χ2n) is 6.17. The summed E-state index contributed by atoms with van der Waals surface area (Å²) >= 11 is 0. The highest BCUT2D eigenvalue weighted by molar-refractivity contribution is 5.94. The number of pyridine rings is 1. The molecule has 2 atom stereocenters. The number of benzene rings is 1. The first kappa shape index (κ1) is 17.4. The van der Waals surface area contributed by atoms with Gasteiger partial charge in [0.1, 0.15) is 0 Å². The number of halogens is 3. The second-order valence-corrected chi connectivity index (χ2v) is 6.17. The highest BCUT2D eigenvalue weighted by atomic mass is 19.4. The van der Waals surface area contributed by atoms with Crippen LogP contribution in [-0.4, -0.2) is 33.5 Å². The molecule has 0 saturated carbocycles. The molecule has 2 heterocycles. The highest BCUT2D eigenvalue weighted by Crippen LogP contribution is 2.36. The van der Waals surface area contributed by atoms with Crippen LogP contribution in [0.3, 0.4) is 0 Å². The lowest BCUT2D eigenvalue weighted by molar-refractivity contribution is -0.137. The van der Waals surface area contributed by atoms with Crippen molar-refractivity contribution >= 4 is 5.91 Å². The summed E-state index contributed by atoms with van der Waals surface area (Å²) in [6, 6.07) is 7.61. The fourth-order valence-electron chi connectivity index (χ4n) is 3.04. The number of hydrogen-bond donors (Lipinski definition) is 1. The Morgan fingerprint density at radius 1 is 1.28 bits per heavy atom. The average molecular weight is 350 g/mol. The Morgan fingerprint density at radius 2 is 2.04 bits per heavy atom. The average Bonchev–Trinajstić information content (AvgIpc) is 2.96. The van der Waals surface area contributed by atoms with Crippen LogP contribution in [0.15, 0.2) is 42.6 Å². The third-order valence-electron chi connectivity index (χ3n) is 4.30. The van der Waals surface area contributed by atoms with Crippen LogP contribution < -0.4 is 0 Å². The topological polar surface area (TPSA) is 53.4 Å². The van der Waals surface area contributed by atoms with Gasteiger partial charge in [0.05, 0.1) is 23.3 Å². The standard InChI is InChI=1S/C18H17F3N2O2/c1-11-5-6-13(9-22-11)17(25)23-10-15(24)8-16(23)12-3-2-4-14(7-12)18(19,20)21/h2-7,9,15-16,24H,8,10H2,1H3/t15-,16+/m0/s1. The zero-order valence-corrected chi connectivity index (χ0v) is 13.5. The van der Waals surface area contributed by atoms with Gasteiger partial charge in [0, 0.05) is 18.4 Å². The number of aliphatic hydroxyl groups is 1. The molecule has 0 radical (unpaired) electrons. The van der Waals surface area contributed by atoms with Gasteiger partial charge in [-0.2, -0.15) is 13.2 Å². The molecule has 1 amide bonds. The van der Waals surface area contributed by atoms with Gasteiger partial charge in [-0.15, -0.1) is 0 Å². The maximum Gasteiger partial charge on any atom is 0.416 e. The van der Waals surface area contributed by atoms with Gasteiger partial charge < -0.3 is 10.0 Å². The minimum Gasteiger partial charge on any atom is -0.391 e. The molecule has 3 rings (SSSR count). The molecule has 1 aliphatic rings. The molecule has 132 valence electrons. The summed E-state index contributed by atoms with van der Waals surface area (Å²) in [5.74, 6) is -0.355. The Bertz CT molecular complexity index is 775. The number of amides is 1. The van der Waals surface area contributed by atoms with E-state index in [4.69, 9.17) is 0 Å². The molecule has 1 fully saturated rings. The van der Waals surface area contributed by atoms with E-state index >= 15 is 0 Å². The molecule has 0 unspecified atom stereocenters. The van der Waals surface area contributed by atoms with Crippen LogP contribution in [0.1, 0.15) is 39.6 Å². The molecule has 0 aliphatic carbocycles. The van der Waals surface area contributed by atoms with Crippen LogP contribution in [0.4, 0.5) is 13.2 Å². The lowest BCUT2D eigenvalue weighted by Gasteiger charge is -2.25. The first-order valence-electron chi connectivity index (χ1n) is 7.84. The number of carbonyl (C=O) groups is 1. The van der Waals surface area contributed by atoms with Crippen LogP contribution in [0.25, 0.3) is 0 Å². The van der Waals surface area contributed by atoms with Crippen LogP contribution in [0, 0.1) is 6.92 Å². The van der Waals surface area contributed by atoms with Crippen LogP contribution >= 0.6 is 0 Å². The van der Waals surface area contributed by atoms with Crippen molar-refractivity contribution in [1.82, 2.24) is 9.88 Å². The largest absolute Gasteiger partial charge is 0.416 e. The van der Waals surface area contributed by atoms with E-state index in [0.717, 1.165) is 17.8 Å². The zero-order valence-electron chi connectivity index (χ0n) is 13.5. The third-order valence-corrected chi connectivity index (χ3v) is 4.30. The van der Waals surface area contributed by atoms with Crippen molar-refractivity contribution in [3.8, 4) is 0 Å². The van der Waals surface area contributed by atoms with Crippen LogP contribution in [0.2, 0.25) is 0 Å². The number of carbonyl (C=O) groups excluding carboxylic acids is 1. The Morgan fingerprint density at radius 3 is 2.68 bits per heavy atom. The molecule has 0 spiro atoms. The molecular weight excluding hydrogens is 333 g/mol. The number of hydrogen-bond acceptors (Lipinski definition) is 3. The molecule has 4 nitrogen and oxygen atoms in total. The maximum absolute atomic E-state index is 13.0. The SMILES string of the molecule is Cc1ccc(C(=O)N2C[C@@H](O)C[C@@H]2c2cccc(C(F)(F)F)c2)cn1. The number of rotatable bonds is 2. The van der Waals surface area contributed by atoms with Gasteiger partial charge >= 0.3 is 6.18 Å². The molecule has 1 saturated heterocycles. The minimum absolute atomic E-state index is 0.0770. The molecule has 0 bridgehead atoms. The van der Waals surface area contributed by atoms with Gasteiger partial charge in [0.2, 0.25) is 0 Å². The first-order valence-corrected chi connectivity index (χ1v) is 7.84. The van der Waals surface area contributed by atoms with E-state index in [1.165, 1.54) is 17.2 Å². The van der Waals surface area contributed by atoms with E-state index in [0.29, 0.717) is 11.1 Å². The Kier molecular flexibility index (Phi) is 4.51. The van der Waals surface area contributed by atoms with E-state index in [1.807, 2.05) is 0 Å². The molecular formula is C18H17F3N2O2. The summed E-state index contributed by atoms with van der Waals surface area (Å²) < 4.78 is 38.9. The van der Waals surface area contributed by atoms with E-state index < -0.39 is 23.9 Å². The summed E-state index contributed by atoms with van der Waals surface area (Å²) in [6.07, 6.45) is -3.59.